The van der Waals surface area contributed by atoms with E-state index in [2.05, 4.69) is 23.8 Å². The van der Waals surface area contributed by atoms with Crippen molar-refractivity contribution >= 4 is 5.69 Å². The first-order valence-electron chi connectivity index (χ1n) is 7.29. The molecule has 0 fully saturated rings. The average molecular weight is 282 g/mol. The molecular formula is C14H26N4O2. The quantitative estimate of drug-likeness (QED) is 0.726. The number of ether oxygens (including phenoxy) is 1. The van der Waals surface area contributed by atoms with Crippen LogP contribution in [0.5, 0.6) is 0 Å². The molecule has 1 heterocycles. The second kappa shape index (κ2) is 8.71. The van der Waals surface area contributed by atoms with E-state index in [-0.39, 0.29) is 11.7 Å². The minimum atomic E-state index is -0.0818. The summed E-state index contributed by atoms with van der Waals surface area (Å²) in [5.74, 6) is 0. The Balaban J connectivity index is 2.71. The average Bonchev–Trinajstić information content (AvgIpc) is 2.46. The van der Waals surface area contributed by atoms with E-state index < -0.39 is 0 Å². The molecule has 0 amide bonds. The van der Waals surface area contributed by atoms with Crippen LogP contribution in [0.1, 0.15) is 27.2 Å². The number of hydrogen-bond acceptors (Lipinski definition) is 5. The van der Waals surface area contributed by atoms with Gasteiger partial charge in [0.15, 0.2) is 0 Å². The maximum atomic E-state index is 12.0. The number of hydrogen-bond donors (Lipinski definition) is 1. The molecule has 1 unspecified atom stereocenters. The normalized spacial score (nSPS) is 12.4. The monoisotopic (exact) mass is 282 g/mol. The van der Waals surface area contributed by atoms with Crippen molar-refractivity contribution in [1.82, 2.24) is 9.78 Å². The van der Waals surface area contributed by atoms with E-state index in [1.54, 1.807) is 12.3 Å². The molecule has 1 aromatic heterocycles. The van der Waals surface area contributed by atoms with Crippen LogP contribution in [0.2, 0.25) is 0 Å². The highest BCUT2D eigenvalue weighted by molar-refractivity contribution is 5.42. The first-order chi connectivity index (χ1) is 9.65. The second-order valence-corrected chi connectivity index (χ2v) is 4.55. The summed E-state index contributed by atoms with van der Waals surface area (Å²) in [7, 11) is 0. The number of nitrogens with two attached hydrogens (primary N) is 1. The molecule has 1 atom stereocenters. The zero-order valence-corrected chi connectivity index (χ0v) is 12.7. The van der Waals surface area contributed by atoms with Crippen LogP contribution in [-0.2, 0) is 11.3 Å². The third kappa shape index (κ3) is 4.61. The second-order valence-electron chi connectivity index (χ2n) is 4.55. The molecule has 0 aliphatic rings. The molecule has 0 radical (unpaired) electrons. The molecule has 2 N–H and O–H groups in total. The zero-order chi connectivity index (χ0) is 15.0. The predicted molar refractivity (Wildman–Crippen MR) is 81.1 cm³/mol. The molecule has 114 valence electrons. The Kier molecular flexibility index (Phi) is 7.25. The number of aryl methyl sites for hydroxylation is 1. The van der Waals surface area contributed by atoms with Crippen molar-refractivity contribution in [1.29, 1.82) is 0 Å². The van der Waals surface area contributed by atoms with Crippen molar-refractivity contribution in [2.24, 2.45) is 5.73 Å². The molecule has 0 aliphatic heterocycles. The Morgan fingerprint density at radius 3 is 2.60 bits per heavy atom. The molecule has 0 saturated carbocycles. The van der Waals surface area contributed by atoms with Crippen molar-refractivity contribution < 1.29 is 4.74 Å². The van der Waals surface area contributed by atoms with Gasteiger partial charge in [-0.15, -0.1) is 0 Å². The lowest BCUT2D eigenvalue weighted by Crippen LogP contribution is -2.30. The molecular weight excluding hydrogens is 256 g/mol. The fourth-order valence-electron chi connectivity index (χ4n) is 2.12. The fraction of sp³-hybridized carbons (Fsp3) is 0.714. The first kappa shape index (κ1) is 16.7. The summed E-state index contributed by atoms with van der Waals surface area (Å²) in [6, 6.07) is 1.64. The van der Waals surface area contributed by atoms with Crippen molar-refractivity contribution in [2.75, 3.05) is 31.1 Å². The Hall–Kier alpha value is -1.40. The van der Waals surface area contributed by atoms with E-state index in [1.165, 1.54) is 4.68 Å². The van der Waals surface area contributed by atoms with E-state index in [1.807, 2.05) is 6.92 Å². The highest BCUT2D eigenvalue weighted by Crippen LogP contribution is 2.08. The summed E-state index contributed by atoms with van der Waals surface area (Å²) in [5, 5.41) is 4.23. The standard InChI is InChI=1S/C14H26N4O2/c1-4-17(5-2)12-9-14(19)18(16-11-12)8-7-13(10-15)20-6-3/h9,11,13H,4-8,10,15H2,1-3H3. The molecule has 1 aromatic rings. The number of nitrogens with zero attached hydrogens (tertiary/aromatic N) is 3. The fourth-order valence-corrected chi connectivity index (χ4v) is 2.12. The number of rotatable bonds is 9. The van der Waals surface area contributed by atoms with Crippen LogP contribution in [0, 0.1) is 0 Å². The number of anilines is 1. The topological polar surface area (TPSA) is 73.4 Å². The van der Waals surface area contributed by atoms with E-state index in [0.717, 1.165) is 18.8 Å². The van der Waals surface area contributed by atoms with Gasteiger partial charge in [-0.3, -0.25) is 4.79 Å². The van der Waals surface area contributed by atoms with E-state index in [4.69, 9.17) is 10.5 Å². The summed E-state index contributed by atoms with van der Waals surface area (Å²) in [6.45, 7) is 9.39. The largest absolute Gasteiger partial charge is 0.377 e. The molecule has 0 aromatic carbocycles. The van der Waals surface area contributed by atoms with Gasteiger partial charge < -0.3 is 15.4 Å². The minimum Gasteiger partial charge on any atom is -0.377 e. The van der Waals surface area contributed by atoms with Gasteiger partial charge in [-0.2, -0.15) is 5.10 Å². The summed E-state index contributed by atoms with van der Waals surface area (Å²) >= 11 is 0. The summed E-state index contributed by atoms with van der Waals surface area (Å²) in [5.41, 5.74) is 6.41. The molecule has 6 nitrogen and oxygen atoms in total. The van der Waals surface area contributed by atoms with Crippen LogP contribution in [0.3, 0.4) is 0 Å². The lowest BCUT2D eigenvalue weighted by Gasteiger charge is -2.20. The third-order valence-corrected chi connectivity index (χ3v) is 3.31. The van der Waals surface area contributed by atoms with E-state index in [9.17, 15) is 4.79 Å². The SMILES string of the molecule is CCOC(CN)CCn1ncc(N(CC)CC)cc1=O. The molecule has 1 rings (SSSR count). The van der Waals surface area contributed by atoms with Crippen molar-refractivity contribution in [3.8, 4) is 0 Å². The van der Waals surface area contributed by atoms with Crippen molar-refractivity contribution in [3.05, 3.63) is 22.6 Å². The smallest absolute Gasteiger partial charge is 0.268 e. The van der Waals surface area contributed by atoms with Gasteiger partial charge in [-0.05, 0) is 27.2 Å². The van der Waals surface area contributed by atoms with Crippen LogP contribution in [0.15, 0.2) is 17.1 Å². The van der Waals surface area contributed by atoms with Gasteiger partial charge >= 0.3 is 0 Å². The van der Waals surface area contributed by atoms with Crippen LogP contribution in [0.25, 0.3) is 0 Å². The van der Waals surface area contributed by atoms with Crippen LogP contribution < -0.4 is 16.2 Å². The Labute approximate surface area is 120 Å². The summed E-state index contributed by atoms with van der Waals surface area (Å²) in [4.78, 5) is 14.1. The maximum Gasteiger partial charge on any atom is 0.268 e. The first-order valence-corrected chi connectivity index (χ1v) is 7.29. The summed E-state index contributed by atoms with van der Waals surface area (Å²) < 4.78 is 6.94. The van der Waals surface area contributed by atoms with Crippen molar-refractivity contribution in [2.45, 2.75) is 39.8 Å². The number of aromatic nitrogens is 2. The molecule has 0 saturated heterocycles. The Bertz CT molecular complexity index is 443. The molecule has 0 bridgehead atoms. The van der Waals surface area contributed by atoms with E-state index >= 15 is 0 Å². The Morgan fingerprint density at radius 2 is 2.10 bits per heavy atom. The van der Waals surface area contributed by atoms with Crippen LogP contribution in [0.4, 0.5) is 5.69 Å². The van der Waals surface area contributed by atoms with Gasteiger partial charge in [0.25, 0.3) is 5.56 Å². The lowest BCUT2D eigenvalue weighted by atomic mass is 10.2. The Morgan fingerprint density at radius 1 is 1.40 bits per heavy atom. The summed E-state index contributed by atoms with van der Waals surface area (Å²) in [6.07, 6.45) is 2.42. The van der Waals surface area contributed by atoms with Crippen molar-refractivity contribution in [3.63, 3.8) is 0 Å². The molecule has 0 spiro atoms. The molecule has 0 aliphatic carbocycles. The minimum absolute atomic E-state index is 0.0174. The van der Waals surface area contributed by atoms with Crippen LogP contribution >= 0.6 is 0 Å². The maximum absolute atomic E-state index is 12.0. The highest BCUT2D eigenvalue weighted by Gasteiger charge is 2.09. The van der Waals surface area contributed by atoms with Gasteiger partial charge in [0, 0.05) is 38.9 Å². The third-order valence-electron chi connectivity index (χ3n) is 3.31. The zero-order valence-electron chi connectivity index (χ0n) is 12.7. The van der Waals surface area contributed by atoms with E-state index in [0.29, 0.717) is 26.1 Å². The van der Waals surface area contributed by atoms with Gasteiger partial charge in [0.2, 0.25) is 0 Å². The highest BCUT2D eigenvalue weighted by atomic mass is 16.5. The van der Waals surface area contributed by atoms with Crippen LogP contribution in [-0.4, -0.2) is 42.1 Å². The van der Waals surface area contributed by atoms with Gasteiger partial charge in [0.1, 0.15) is 0 Å². The van der Waals surface area contributed by atoms with Gasteiger partial charge in [-0.1, -0.05) is 0 Å². The van der Waals surface area contributed by atoms with Gasteiger partial charge in [0.05, 0.1) is 18.0 Å². The molecule has 6 heteroatoms. The van der Waals surface area contributed by atoms with Gasteiger partial charge in [-0.25, -0.2) is 4.68 Å². The lowest BCUT2D eigenvalue weighted by molar-refractivity contribution is 0.0589. The predicted octanol–water partition coefficient (Wildman–Crippen LogP) is 0.843. The molecule has 20 heavy (non-hydrogen) atoms.